The first-order valence-electron chi connectivity index (χ1n) is 6.68. The van der Waals surface area contributed by atoms with Crippen LogP contribution in [-0.2, 0) is 13.6 Å². The predicted octanol–water partition coefficient (Wildman–Crippen LogP) is 3.05. The molecule has 3 N–H and O–H groups in total. The Balaban J connectivity index is 1.86. The molecular formula is C15H17N5S. The summed E-state index contributed by atoms with van der Waals surface area (Å²) in [4.78, 5) is 0. The Bertz CT molecular complexity index is 745. The van der Waals surface area contributed by atoms with E-state index < -0.39 is 0 Å². The van der Waals surface area contributed by atoms with Crippen LogP contribution in [0.2, 0.25) is 0 Å². The van der Waals surface area contributed by atoms with Crippen LogP contribution in [0.3, 0.4) is 0 Å². The first-order chi connectivity index (χ1) is 10.2. The number of nitrogens with two attached hydrogens (primary N) is 1. The number of nitrogens with one attached hydrogen (secondary N) is 1. The van der Waals surface area contributed by atoms with Gasteiger partial charge >= 0.3 is 0 Å². The summed E-state index contributed by atoms with van der Waals surface area (Å²) in [5, 5.41) is 8.67. The molecule has 0 radical (unpaired) electrons. The summed E-state index contributed by atoms with van der Waals surface area (Å²) in [6.07, 6.45) is 1.88. The van der Waals surface area contributed by atoms with E-state index in [1.807, 2.05) is 48.3 Å². The first-order valence-corrected chi connectivity index (χ1v) is 7.46. The molecule has 0 saturated heterocycles. The molecule has 2 heterocycles. The van der Waals surface area contributed by atoms with Gasteiger partial charge < -0.3 is 11.1 Å². The maximum atomic E-state index is 6.02. The van der Waals surface area contributed by atoms with Crippen molar-refractivity contribution >= 4 is 22.4 Å². The summed E-state index contributed by atoms with van der Waals surface area (Å²) in [7, 11) is 1.94. The predicted molar refractivity (Wildman–Crippen MR) is 87.2 cm³/mol. The van der Waals surface area contributed by atoms with Crippen LogP contribution in [-0.4, -0.2) is 14.2 Å². The van der Waals surface area contributed by atoms with Crippen molar-refractivity contribution in [2.75, 3.05) is 11.1 Å². The lowest BCUT2D eigenvalue weighted by Gasteiger charge is -2.07. The van der Waals surface area contributed by atoms with Crippen molar-refractivity contribution < 1.29 is 0 Å². The number of rotatable bonds is 4. The van der Waals surface area contributed by atoms with E-state index in [-0.39, 0.29) is 0 Å². The Morgan fingerprint density at radius 1 is 1.29 bits per heavy atom. The highest BCUT2D eigenvalue weighted by Crippen LogP contribution is 2.36. The minimum atomic E-state index is 0.566. The van der Waals surface area contributed by atoms with Gasteiger partial charge in [-0.25, -0.2) is 0 Å². The number of nitrogens with zero attached hydrogens (tertiary/aromatic N) is 3. The number of benzene rings is 1. The Kier molecular flexibility index (Phi) is 3.62. The van der Waals surface area contributed by atoms with Crippen LogP contribution in [0.1, 0.15) is 11.3 Å². The number of nitrogen functional groups attached to an aromatic ring is 1. The third kappa shape index (κ3) is 2.62. The molecule has 3 aromatic rings. The van der Waals surface area contributed by atoms with Crippen molar-refractivity contribution in [3.63, 3.8) is 0 Å². The summed E-state index contributed by atoms with van der Waals surface area (Å²) >= 11 is 1.39. The van der Waals surface area contributed by atoms with E-state index in [0.717, 1.165) is 21.8 Å². The van der Waals surface area contributed by atoms with Crippen molar-refractivity contribution in [1.29, 1.82) is 0 Å². The van der Waals surface area contributed by atoms with E-state index in [4.69, 9.17) is 5.73 Å². The normalized spacial score (nSPS) is 10.8. The van der Waals surface area contributed by atoms with Crippen molar-refractivity contribution in [1.82, 2.24) is 14.2 Å². The van der Waals surface area contributed by atoms with Crippen molar-refractivity contribution in [3.05, 3.63) is 47.8 Å². The van der Waals surface area contributed by atoms with Gasteiger partial charge in [0.2, 0.25) is 0 Å². The molecule has 21 heavy (non-hydrogen) atoms. The average Bonchev–Trinajstić information content (AvgIpc) is 3.02. The molecular weight excluding hydrogens is 282 g/mol. The van der Waals surface area contributed by atoms with E-state index in [0.29, 0.717) is 12.4 Å². The lowest BCUT2D eigenvalue weighted by molar-refractivity contribution is 0.738. The number of anilines is 2. The van der Waals surface area contributed by atoms with E-state index >= 15 is 0 Å². The largest absolute Gasteiger partial charge is 0.382 e. The maximum absolute atomic E-state index is 6.02. The highest BCUT2D eigenvalue weighted by atomic mass is 32.1. The lowest BCUT2D eigenvalue weighted by atomic mass is 10.1. The minimum absolute atomic E-state index is 0.566. The van der Waals surface area contributed by atoms with Crippen LogP contribution >= 0.6 is 11.5 Å². The molecule has 2 aromatic heterocycles. The van der Waals surface area contributed by atoms with Crippen molar-refractivity contribution in [2.45, 2.75) is 13.5 Å². The lowest BCUT2D eigenvalue weighted by Crippen LogP contribution is -2.01. The molecule has 0 fully saturated rings. The van der Waals surface area contributed by atoms with Crippen LogP contribution < -0.4 is 11.1 Å². The number of hydrogen-bond donors (Lipinski definition) is 2. The van der Waals surface area contributed by atoms with Gasteiger partial charge in [-0.1, -0.05) is 30.3 Å². The summed E-state index contributed by atoms with van der Waals surface area (Å²) < 4.78 is 6.14. The van der Waals surface area contributed by atoms with Crippen LogP contribution in [0.25, 0.3) is 11.1 Å². The van der Waals surface area contributed by atoms with Crippen LogP contribution in [0, 0.1) is 6.92 Å². The topological polar surface area (TPSA) is 68.8 Å². The smallest absolute Gasteiger partial charge is 0.147 e. The molecule has 0 aliphatic heterocycles. The fourth-order valence-electron chi connectivity index (χ4n) is 2.20. The highest BCUT2D eigenvalue weighted by molar-refractivity contribution is 7.11. The molecule has 6 heteroatoms. The van der Waals surface area contributed by atoms with Gasteiger partial charge in [-0.05, 0) is 24.0 Å². The molecule has 108 valence electrons. The zero-order valence-electron chi connectivity index (χ0n) is 12.0. The second-order valence-electron chi connectivity index (χ2n) is 4.87. The van der Waals surface area contributed by atoms with E-state index in [1.54, 1.807) is 0 Å². The van der Waals surface area contributed by atoms with Crippen LogP contribution in [0.5, 0.6) is 0 Å². The Morgan fingerprint density at radius 3 is 2.71 bits per heavy atom. The van der Waals surface area contributed by atoms with Gasteiger partial charge in [-0.3, -0.25) is 4.68 Å². The molecule has 1 aromatic carbocycles. The van der Waals surface area contributed by atoms with Crippen LogP contribution in [0.15, 0.2) is 36.5 Å². The van der Waals surface area contributed by atoms with Gasteiger partial charge in [0.05, 0.1) is 11.8 Å². The van der Waals surface area contributed by atoms with Gasteiger partial charge in [0.1, 0.15) is 10.8 Å². The first kappa shape index (κ1) is 13.6. The maximum Gasteiger partial charge on any atom is 0.147 e. The second-order valence-corrected chi connectivity index (χ2v) is 5.64. The third-order valence-corrected chi connectivity index (χ3v) is 4.38. The molecule has 0 aliphatic carbocycles. The standard InChI is InChI=1S/C15H17N5S/c1-10-12(9-18-20(10)2)8-17-15-13(14(16)19-21-15)11-6-4-3-5-7-11/h3-7,9,17H,8H2,1-2H3,(H2,16,19). The van der Waals surface area contributed by atoms with Gasteiger partial charge in [-0.15, -0.1) is 0 Å². The third-order valence-electron chi connectivity index (χ3n) is 3.56. The molecule has 3 rings (SSSR count). The molecule has 0 spiro atoms. The van der Waals surface area contributed by atoms with E-state index in [2.05, 4.69) is 21.7 Å². The van der Waals surface area contributed by atoms with Gasteiger partial charge in [0.15, 0.2) is 0 Å². The highest BCUT2D eigenvalue weighted by Gasteiger charge is 2.14. The number of hydrogen-bond acceptors (Lipinski definition) is 5. The Morgan fingerprint density at radius 2 is 2.05 bits per heavy atom. The minimum Gasteiger partial charge on any atom is -0.382 e. The molecule has 0 unspecified atom stereocenters. The molecule has 5 nitrogen and oxygen atoms in total. The SMILES string of the molecule is Cc1c(CNc2snc(N)c2-c2ccccc2)cnn1C. The molecule has 0 bridgehead atoms. The zero-order chi connectivity index (χ0) is 14.8. The second kappa shape index (κ2) is 5.57. The average molecular weight is 299 g/mol. The summed E-state index contributed by atoms with van der Waals surface area (Å²) in [5.74, 6) is 0.566. The molecule has 0 aliphatic rings. The van der Waals surface area contributed by atoms with Gasteiger partial charge in [0.25, 0.3) is 0 Å². The summed E-state index contributed by atoms with van der Waals surface area (Å²) in [6, 6.07) is 10.1. The summed E-state index contributed by atoms with van der Waals surface area (Å²) in [5.41, 5.74) is 10.4. The van der Waals surface area contributed by atoms with E-state index in [1.165, 1.54) is 17.1 Å². The number of aryl methyl sites for hydroxylation is 1. The molecule has 0 atom stereocenters. The molecule has 0 saturated carbocycles. The summed E-state index contributed by atoms with van der Waals surface area (Å²) in [6.45, 7) is 2.77. The van der Waals surface area contributed by atoms with Gasteiger partial charge in [0, 0.05) is 24.8 Å². The van der Waals surface area contributed by atoms with Gasteiger partial charge in [-0.2, -0.15) is 9.47 Å². The van der Waals surface area contributed by atoms with Crippen LogP contribution in [0.4, 0.5) is 10.8 Å². The van der Waals surface area contributed by atoms with Crippen molar-refractivity contribution in [3.8, 4) is 11.1 Å². The Labute approximate surface area is 127 Å². The zero-order valence-corrected chi connectivity index (χ0v) is 12.8. The fourth-order valence-corrected chi connectivity index (χ4v) is 2.93. The fraction of sp³-hybridized carbons (Fsp3) is 0.200. The Hall–Kier alpha value is -2.34. The number of aromatic nitrogens is 3. The monoisotopic (exact) mass is 299 g/mol. The quantitative estimate of drug-likeness (QED) is 0.777. The van der Waals surface area contributed by atoms with Crippen molar-refractivity contribution in [2.24, 2.45) is 7.05 Å². The van der Waals surface area contributed by atoms with E-state index in [9.17, 15) is 0 Å². The molecule has 0 amide bonds.